The van der Waals surface area contributed by atoms with Gasteiger partial charge in [-0.1, -0.05) is 22.9 Å². The van der Waals surface area contributed by atoms with Crippen molar-refractivity contribution in [2.45, 2.75) is 24.9 Å². The zero-order valence-electron chi connectivity index (χ0n) is 16.3. The predicted octanol–water partition coefficient (Wildman–Crippen LogP) is 4.21. The summed E-state index contributed by atoms with van der Waals surface area (Å²) < 4.78 is 79.3. The Hall–Kier alpha value is -2.35. The van der Waals surface area contributed by atoms with Crippen LogP contribution in [0.2, 0.25) is 0 Å². The predicted molar refractivity (Wildman–Crippen MR) is 113 cm³/mol. The number of benzene rings is 2. The Morgan fingerprint density at radius 1 is 1.13 bits per heavy atom. The molecule has 168 valence electrons. The van der Waals surface area contributed by atoms with E-state index >= 15 is 0 Å². The van der Waals surface area contributed by atoms with Crippen LogP contribution in [-0.2, 0) is 23.9 Å². The van der Waals surface area contributed by atoms with Gasteiger partial charge in [0.1, 0.15) is 10.6 Å². The molecule has 0 heterocycles. The van der Waals surface area contributed by atoms with E-state index in [-0.39, 0.29) is 20.8 Å². The second-order valence-electron chi connectivity index (χ2n) is 6.02. The van der Waals surface area contributed by atoms with Gasteiger partial charge in [-0.3, -0.25) is 4.28 Å². The monoisotopic (exact) mass is 571 g/mol. The lowest BCUT2D eigenvalue weighted by Gasteiger charge is -2.13. The molecule has 7 nitrogen and oxygen atoms in total. The Balaban J connectivity index is 2.29. The molecule has 31 heavy (non-hydrogen) atoms. The number of hydrogen-bond acceptors (Lipinski definition) is 7. The van der Waals surface area contributed by atoms with E-state index < -0.39 is 40.1 Å². The summed E-state index contributed by atoms with van der Waals surface area (Å²) in [5.41, 5.74) is -1.23. The van der Waals surface area contributed by atoms with Crippen LogP contribution in [0.1, 0.15) is 18.1 Å². The molecular formula is C19H17F3INO6S. The van der Waals surface area contributed by atoms with E-state index in [2.05, 4.69) is 9.44 Å². The van der Waals surface area contributed by atoms with Crippen LogP contribution in [0, 0.1) is 10.5 Å². The third kappa shape index (κ3) is 7.09. The summed E-state index contributed by atoms with van der Waals surface area (Å²) in [4.78, 5) is 11.0. The van der Waals surface area contributed by atoms with Crippen LogP contribution in [0.3, 0.4) is 0 Å². The first-order valence-electron chi connectivity index (χ1n) is 8.68. The van der Waals surface area contributed by atoms with E-state index in [0.29, 0.717) is 0 Å². The van der Waals surface area contributed by atoms with Crippen molar-refractivity contribution in [2.24, 2.45) is 5.16 Å². The zero-order chi connectivity index (χ0) is 23.2. The summed E-state index contributed by atoms with van der Waals surface area (Å²) in [6.45, 7) is 3.09. The minimum Gasteiger partial charge on any atom is -0.481 e. The third-order valence-corrected chi connectivity index (χ3v) is 5.62. The Morgan fingerprint density at radius 3 is 2.32 bits per heavy atom. The topological polar surface area (TPSA) is 91.3 Å². The van der Waals surface area contributed by atoms with Crippen molar-refractivity contribution in [2.75, 3.05) is 13.2 Å². The molecule has 0 unspecified atom stereocenters. The molecule has 0 fully saturated rings. The molecule has 0 aliphatic carbocycles. The molecule has 12 heteroatoms. The van der Waals surface area contributed by atoms with E-state index in [1.165, 1.54) is 30.3 Å². The number of nitrogens with zero attached hydrogens (tertiary/aromatic N) is 1. The van der Waals surface area contributed by atoms with Crippen LogP contribution in [0.4, 0.5) is 13.2 Å². The van der Waals surface area contributed by atoms with Gasteiger partial charge in [-0.2, -0.15) is 21.6 Å². The van der Waals surface area contributed by atoms with Gasteiger partial charge in [0.2, 0.25) is 0 Å². The second kappa shape index (κ2) is 10.3. The van der Waals surface area contributed by atoms with Crippen molar-refractivity contribution in [1.29, 1.82) is 0 Å². The lowest BCUT2D eigenvalue weighted by atomic mass is 10.1. The number of hydrogen-bond donors (Lipinski definition) is 0. The smallest absolute Gasteiger partial charge is 0.437 e. The van der Waals surface area contributed by atoms with Crippen LogP contribution in [-0.4, -0.2) is 39.5 Å². The van der Waals surface area contributed by atoms with Crippen LogP contribution in [0.25, 0.3) is 0 Å². The number of ether oxygens (including phenoxy) is 2. The average molecular weight is 571 g/mol. The highest BCUT2D eigenvalue weighted by Gasteiger charge is 2.39. The highest BCUT2D eigenvalue weighted by atomic mass is 127. The maximum atomic E-state index is 13.5. The van der Waals surface area contributed by atoms with Crippen LogP contribution in [0.15, 0.2) is 52.5 Å². The maximum absolute atomic E-state index is 13.5. The van der Waals surface area contributed by atoms with Gasteiger partial charge in [0.15, 0.2) is 12.3 Å². The van der Waals surface area contributed by atoms with Crippen molar-refractivity contribution >= 4 is 44.4 Å². The van der Waals surface area contributed by atoms with Crippen molar-refractivity contribution in [3.63, 3.8) is 0 Å². The number of alkyl halides is 3. The van der Waals surface area contributed by atoms with E-state index in [1.54, 1.807) is 36.4 Å². The Morgan fingerprint density at radius 2 is 1.77 bits per heavy atom. The molecule has 0 atom stereocenters. The fraction of sp³-hybridized carbons (Fsp3) is 0.263. The third-order valence-electron chi connectivity index (χ3n) is 3.66. The van der Waals surface area contributed by atoms with Crippen LogP contribution >= 0.6 is 22.6 Å². The lowest BCUT2D eigenvalue weighted by molar-refractivity contribution is -0.145. The van der Waals surface area contributed by atoms with Gasteiger partial charge in [-0.15, -0.1) is 0 Å². The van der Waals surface area contributed by atoms with Crippen molar-refractivity contribution in [1.82, 2.24) is 0 Å². The molecule has 0 aromatic heterocycles. The van der Waals surface area contributed by atoms with Gasteiger partial charge in [0.05, 0.1) is 10.2 Å². The molecule has 0 aliphatic rings. The van der Waals surface area contributed by atoms with Crippen LogP contribution < -0.4 is 4.74 Å². The minimum atomic E-state index is -5.00. The normalized spacial score (nSPS) is 12.4. The first kappa shape index (κ1) is 24.9. The molecule has 0 amide bonds. The second-order valence-corrected chi connectivity index (χ2v) is 8.71. The molecule has 2 rings (SSSR count). The molecule has 2 aromatic carbocycles. The zero-order valence-corrected chi connectivity index (χ0v) is 19.2. The summed E-state index contributed by atoms with van der Waals surface area (Å²) >= 11 is 1.71. The van der Waals surface area contributed by atoms with Gasteiger partial charge in [0.25, 0.3) is 0 Å². The van der Waals surface area contributed by atoms with Gasteiger partial charge in [-0.25, -0.2) is 4.79 Å². The van der Waals surface area contributed by atoms with Crippen LogP contribution in [0.5, 0.6) is 5.75 Å². The lowest BCUT2D eigenvalue weighted by Crippen LogP contribution is -2.25. The highest BCUT2D eigenvalue weighted by molar-refractivity contribution is 14.1. The van der Waals surface area contributed by atoms with Crippen molar-refractivity contribution < 1.29 is 40.1 Å². The number of carbonyl (C=O) groups excluding carboxylic acids is 1. The molecule has 0 aliphatic heterocycles. The van der Waals surface area contributed by atoms with Gasteiger partial charge < -0.3 is 9.47 Å². The Labute approximate surface area is 190 Å². The molecule has 0 saturated carbocycles. The molecule has 0 saturated heterocycles. The summed E-state index contributed by atoms with van der Waals surface area (Å²) in [5.74, 6) is -0.484. The fourth-order valence-electron chi connectivity index (χ4n) is 2.21. The molecule has 0 radical (unpaired) electrons. The first-order valence-corrected chi connectivity index (χ1v) is 11.2. The summed E-state index contributed by atoms with van der Waals surface area (Å²) in [7, 11) is -4.55. The number of halogens is 4. The molecule has 0 bridgehead atoms. The summed E-state index contributed by atoms with van der Waals surface area (Å²) in [6.07, 6.45) is -5.00. The first-order chi connectivity index (χ1) is 14.4. The Bertz CT molecular complexity index is 1070. The summed E-state index contributed by atoms with van der Waals surface area (Å²) in [6, 6.07) is 8.65. The quantitative estimate of drug-likeness (QED) is 0.204. The SMILES string of the molecule is CCOC(=O)COc1ccc(/C(=N/OS(=O)(=O)c2ccc(C)cc2)C(F)(F)F)cc1I. The largest absolute Gasteiger partial charge is 0.481 e. The number of oxime groups is 1. The highest BCUT2D eigenvalue weighted by Crippen LogP contribution is 2.28. The Kier molecular flexibility index (Phi) is 8.28. The fourth-order valence-corrected chi connectivity index (χ4v) is 3.61. The van der Waals surface area contributed by atoms with E-state index in [0.717, 1.165) is 17.7 Å². The number of rotatable bonds is 8. The minimum absolute atomic E-state index is 0.145. The van der Waals surface area contributed by atoms with E-state index in [4.69, 9.17) is 9.47 Å². The van der Waals surface area contributed by atoms with E-state index in [9.17, 15) is 26.4 Å². The molecule has 0 spiro atoms. The molecule has 0 N–H and O–H groups in total. The maximum Gasteiger partial charge on any atom is 0.437 e. The average Bonchev–Trinajstić information content (AvgIpc) is 2.67. The van der Waals surface area contributed by atoms with Gasteiger partial charge >= 0.3 is 22.3 Å². The molecular weight excluding hydrogens is 554 g/mol. The van der Waals surface area contributed by atoms with Gasteiger partial charge in [-0.05, 0) is 66.8 Å². The summed E-state index contributed by atoms with van der Waals surface area (Å²) in [5, 5.41) is 2.89. The number of carbonyl (C=O) groups is 1. The molecule has 2 aromatic rings. The van der Waals surface area contributed by atoms with Crippen molar-refractivity contribution in [3.8, 4) is 5.75 Å². The van der Waals surface area contributed by atoms with Gasteiger partial charge in [0, 0.05) is 5.56 Å². The van der Waals surface area contributed by atoms with E-state index in [1.807, 2.05) is 0 Å². The van der Waals surface area contributed by atoms with Crippen molar-refractivity contribution in [3.05, 3.63) is 57.2 Å². The number of aryl methyl sites for hydroxylation is 1. The standard InChI is InChI=1S/C19H17F3INO6S/c1-3-28-17(25)11-29-16-9-6-13(10-15(16)23)18(19(20,21)22)24-30-31(26,27)14-7-4-12(2)5-8-14/h4-10H,3,11H2,1-2H3/b24-18-. The number of esters is 1.